The minimum Gasteiger partial charge on any atom is -0.756 e. The van der Waals surface area contributed by atoms with E-state index in [0.29, 0.717) is 19.8 Å². The molecule has 0 bridgehead atoms. The molecule has 37 heavy (non-hydrogen) atoms. The van der Waals surface area contributed by atoms with Crippen LogP contribution in [-0.4, -0.2) is 70.8 Å². The van der Waals surface area contributed by atoms with Crippen molar-refractivity contribution in [3.8, 4) is 0 Å². The molecule has 1 atom stereocenters. The lowest BCUT2D eigenvalue weighted by atomic mass is 10.0. The Hall–Kier alpha value is -0.0100. The van der Waals surface area contributed by atoms with Gasteiger partial charge in [0, 0.05) is 20.0 Å². The SMILES string of the molecule is CCCCCCCCCCCCCCCCCCOP(=O)([O-])OC1CC[N+](C)(CCOCCOC)CC1. The molecule has 1 aliphatic rings. The second-order valence-electron chi connectivity index (χ2n) is 11.3. The van der Waals surface area contributed by atoms with Gasteiger partial charge in [0.25, 0.3) is 7.82 Å². The Labute approximate surface area is 229 Å². The number of ether oxygens (including phenoxy) is 2. The fraction of sp³-hybridized carbons (Fsp3) is 1.00. The van der Waals surface area contributed by atoms with Crippen molar-refractivity contribution in [1.29, 1.82) is 0 Å². The monoisotopic (exact) mass is 549 g/mol. The molecule has 1 aliphatic heterocycles. The molecule has 1 fully saturated rings. The molecule has 0 aromatic heterocycles. The fourth-order valence-corrected chi connectivity index (χ4v) is 6.05. The van der Waals surface area contributed by atoms with Gasteiger partial charge in [-0.1, -0.05) is 103 Å². The number of likely N-dealkylation sites (tertiary alicyclic amines) is 1. The van der Waals surface area contributed by atoms with E-state index in [4.69, 9.17) is 18.5 Å². The lowest BCUT2D eigenvalue weighted by molar-refractivity contribution is -0.915. The van der Waals surface area contributed by atoms with E-state index in [-0.39, 0.29) is 12.7 Å². The van der Waals surface area contributed by atoms with Crippen LogP contribution in [0.15, 0.2) is 0 Å². The molecule has 0 aromatic rings. The maximum Gasteiger partial charge on any atom is 0.268 e. The Morgan fingerprint density at radius 1 is 0.730 bits per heavy atom. The summed E-state index contributed by atoms with van der Waals surface area (Å²) in [5.41, 5.74) is 0. The first-order chi connectivity index (χ1) is 17.9. The third kappa shape index (κ3) is 20.5. The Kier molecular flexibility index (Phi) is 21.5. The molecule has 0 amide bonds. The summed E-state index contributed by atoms with van der Waals surface area (Å²) in [6, 6.07) is 0. The summed E-state index contributed by atoms with van der Waals surface area (Å²) in [7, 11) is -0.359. The second-order valence-corrected chi connectivity index (χ2v) is 12.6. The summed E-state index contributed by atoms with van der Waals surface area (Å²) in [4.78, 5) is 12.2. The van der Waals surface area contributed by atoms with Crippen LogP contribution in [0.4, 0.5) is 0 Å². The third-order valence-corrected chi connectivity index (χ3v) is 8.77. The Balaban J connectivity index is 1.92. The van der Waals surface area contributed by atoms with Crippen molar-refractivity contribution >= 4 is 7.82 Å². The molecule has 7 nitrogen and oxygen atoms in total. The highest BCUT2D eigenvalue weighted by atomic mass is 31.2. The molecule has 0 N–H and O–H groups in total. The van der Waals surface area contributed by atoms with Crippen LogP contribution in [-0.2, 0) is 23.1 Å². The Morgan fingerprint density at radius 2 is 1.22 bits per heavy atom. The minimum absolute atomic E-state index is 0.235. The Morgan fingerprint density at radius 3 is 1.70 bits per heavy atom. The van der Waals surface area contributed by atoms with Crippen molar-refractivity contribution in [3.63, 3.8) is 0 Å². The van der Waals surface area contributed by atoms with Crippen LogP contribution in [0.25, 0.3) is 0 Å². The predicted molar refractivity (Wildman–Crippen MR) is 151 cm³/mol. The van der Waals surface area contributed by atoms with Crippen LogP contribution in [0, 0.1) is 0 Å². The van der Waals surface area contributed by atoms with Crippen molar-refractivity contribution in [2.75, 3.05) is 60.2 Å². The van der Waals surface area contributed by atoms with Gasteiger partial charge in [-0.3, -0.25) is 4.57 Å². The van der Waals surface area contributed by atoms with Gasteiger partial charge in [0.1, 0.15) is 6.54 Å². The smallest absolute Gasteiger partial charge is 0.268 e. The zero-order chi connectivity index (χ0) is 27.1. The van der Waals surface area contributed by atoms with E-state index >= 15 is 0 Å². The van der Waals surface area contributed by atoms with E-state index < -0.39 is 7.82 Å². The third-order valence-electron chi connectivity index (χ3n) is 7.71. The van der Waals surface area contributed by atoms with Crippen LogP contribution < -0.4 is 4.89 Å². The molecule has 1 unspecified atom stereocenters. The number of hydrogen-bond acceptors (Lipinski definition) is 6. The number of nitrogens with zero attached hydrogens (tertiary/aromatic N) is 1. The molecule has 0 radical (unpaired) electrons. The summed E-state index contributed by atoms with van der Waals surface area (Å²) in [5.74, 6) is 0. The maximum absolute atomic E-state index is 12.2. The molecule has 1 rings (SSSR count). The van der Waals surface area contributed by atoms with Crippen molar-refractivity contribution in [1.82, 2.24) is 0 Å². The van der Waals surface area contributed by atoms with E-state index in [0.717, 1.165) is 56.2 Å². The van der Waals surface area contributed by atoms with Crippen molar-refractivity contribution < 1.29 is 32.5 Å². The molecule has 222 valence electrons. The topological polar surface area (TPSA) is 77.1 Å². The number of hydrogen-bond donors (Lipinski definition) is 0. The van der Waals surface area contributed by atoms with Gasteiger partial charge in [0.15, 0.2) is 0 Å². The first-order valence-corrected chi connectivity index (χ1v) is 16.9. The van der Waals surface area contributed by atoms with Gasteiger partial charge in [-0.15, -0.1) is 0 Å². The first kappa shape index (κ1) is 35.0. The standard InChI is InChI=1S/C29H60NO6P/c1-4-5-6-7-8-9-10-11-12-13-14-15-16-17-18-19-25-35-37(31,32)36-29-20-22-30(2,23-21-29)24-26-34-28-27-33-3/h29H,4-28H2,1-3H3. The van der Waals surface area contributed by atoms with E-state index in [9.17, 15) is 9.46 Å². The van der Waals surface area contributed by atoms with Crippen LogP contribution in [0.1, 0.15) is 122 Å². The average molecular weight is 550 g/mol. The van der Waals surface area contributed by atoms with Crippen molar-refractivity contribution in [3.05, 3.63) is 0 Å². The normalized spacial score (nSPS) is 21.8. The number of quaternary nitrogens is 1. The van der Waals surface area contributed by atoms with E-state index in [1.807, 2.05) is 0 Å². The molecule has 1 saturated heterocycles. The summed E-state index contributed by atoms with van der Waals surface area (Å²) in [6.45, 7) is 7.11. The van der Waals surface area contributed by atoms with Crippen LogP contribution in [0.3, 0.4) is 0 Å². The number of phosphoric acid groups is 1. The Bertz CT molecular complexity index is 557. The van der Waals surface area contributed by atoms with Gasteiger partial charge < -0.3 is 27.9 Å². The highest BCUT2D eigenvalue weighted by Gasteiger charge is 2.32. The van der Waals surface area contributed by atoms with E-state index in [1.54, 1.807) is 7.11 Å². The fourth-order valence-electron chi connectivity index (χ4n) is 5.07. The molecular weight excluding hydrogens is 489 g/mol. The van der Waals surface area contributed by atoms with Crippen molar-refractivity contribution in [2.24, 2.45) is 0 Å². The van der Waals surface area contributed by atoms with Gasteiger partial charge >= 0.3 is 0 Å². The van der Waals surface area contributed by atoms with Crippen molar-refractivity contribution in [2.45, 2.75) is 129 Å². The first-order valence-electron chi connectivity index (χ1n) is 15.4. The van der Waals surface area contributed by atoms with Gasteiger partial charge in [0.05, 0.1) is 52.7 Å². The molecule has 1 heterocycles. The number of methoxy groups -OCH3 is 1. The largest absolute Gasteiger partial charge is 0.756 e. The highest BCUT2D eigenvalue weighted by Crippen LogP contribution is 2.42. The number of unbranched alkanes of at least 4 members (excludes halogenated alkanes) is 15. The second kappa shape index (κ2) is 22.8. The minimum atomic E-state index is -4.22. The number of likely N-dealkylation sites (N-methyl/N-ethyl adjacent to an activating group) is 1. The quantitative estimate of drug-likeness (QED) is 0.0655. The number of piperidine rings is 1. The molecule has 0 saturated carbocycles. The van der Waals surface area contributed by atoms with Gasteiger partial charge in [0.2, 0.25) is 0 Å². The lowest BCUT2D eigenvalue weighted by Crippen LogP contribution is -2.52. The maximum atomic E-state index is 12.2. The van der Waals surface area contributed by atoms with Gasteiger partial charge in [-0.05, 0) is 6.42 Å². The lowest BCUT2D eigenvalue weighted by Gasteiger charge is -2.41. The van der Waals surface area contributed by atoms with E-state index in [1.165, 1.54) is 83.5 Å². The summed E-state index contributed by atoms with van der Waals surface area (Å²) >= 11 is 0. The summed E-state index contributed by atoms with van der Waals surface area (Å²) < 4.78 is 34.2. The molecule has 8 heteroatoms. The summed E-state index contributed by atoms with van der Waals surface area (Å²) in [5, 5.41) is 0. The number of rotatable bonds is 26. The zero-order valence-electron chi connectivity index (χ0n) is 24.6. The molecule has 0 aliphatic carbocycles. The van der Waals surface area contributed by atoms with Gasteiger partial charge in [-0.2, -0.15) is 0 Å². The predicted octanol–water partition coefficient (Wildman–Crippen LogP) is 7.02. The molecule has 0 spiro atoms. The van der Waals surface area contributed by atoms with Gasteiger partial charge in [-0.25, -0.2) is 0 Å². The van der Waals surface area contributed by atoms with E-state index in [2.05, 4.69) is 14.0 Å². The van der Waals surface area contributed by atoms with Crippen LogP contribution in [0.2, 0.25) is 0 Å². The molecule has 0 aromatic carbocycles. The average Bonchev–Trinajstić information content (AvgIpc) is 2.87. The van der Waals surface area contributed by atoms with Crippen LogP contribution >= 0.6 is 7.82 Å². The molecular formula is C29H60NO6P. The highest BCUT2D eigenvalue weighted by molar-refractivity contribution is 7.45. The zero-order valence-corrected chi connectivity index (χ0v) is 25.5. The van der Waals surface area contributed by atoms with Crippen LogP contribution in [0.5, 0.6) is 0 Å². The summed E-state index contributed by atoms with van der Waals surface area (Å²) in [6.07, 6.45) is 21.9. The number of phosphoric ester groups is 1.